The Kier molecular flexibility index (Phi) is 2.99. The number of piperidine rings is 1. The highest BCUT2D eigenvalue weighted by molar-refractivity contribution is 5.75. The fourth-order valence-corrected chi connectivity index (χ4v) is 1.87. The SMILES string of the molecule is O=Cc1ccc(N2CCC(F)CC2)cc1. The van der Waals surface area contributed by atoms with E-state index in [2.05, 4.69) is 4.90 Å². The van der Waals surface area contributed by atoms with Gasteiger partial charge in [-0.2, -0.15) is 0 Å². The predicted octanol–water partition coefficient (Wildman–Crippen LogP) is 2.44. The minimum absolute atomic E-state index is 0.607. The molecule has 1 aromatic rings. The summed E-state index contributed by atoms with van der Waals surface area (Å²) in [5, 5.41) is 0. The maximum atomic E-state index is 12.9. The Labute approximate surface area is 88.7 Å². The second kappa shape index (κ2) is 4.43. The van der Waals surface area contributed by atoms with Crippen molar-refractivity contribution < 1.29 is 9.18 Å². The summed E-state index contributed by atoms with van der Waals surface area (Å²) < 4.78 is 12.9. The van der Waals surface area contributed by atoms with E-state index >= 15 is 0 Å². The Morgan fingerprint density at radius 3 is 2.33 bits per heavy atom. The molecule has 0 N–H and O–H groups in total. The molecule has 1 fully saturated rings. The highest BCUT2D eigenvalue weighted by Gasteiger charge is 2.18. The molecule has 2 nitrogen and oxygen atoms in total. The van der Waals surface area contributed by atoms with Gasteiger partial charge in [0, 0.05) is 24.3 Å². The Balaban J connectivity index is 2.06. The summed E-state index contributed by atoms with van der Waals surface area (Å²) in [6.45, 7) is 1.53. The van der Waals surface area contributed by atoms with Crippen LogP contribution in [0, 0.1) is 0 Å². The smallest absolute Gasteiger partial charge is 0.150 e. The van der Waals surface area contributed by atoms with Crippen molar-refractivity contribution >= 4 is 12.0 Å². The Morgan fingerprint density at radius 2 is 1.80 bits per heavy atom. The Bertz CT molecular complexity index is 328. The van der Waals surface area contributed by atoms with E-state index in [-0.39, 0.29) is 0 Å². The molecular weight excluding hydrogens is 193 g/mol. The van der Waals surface area contributed by atoms with Crippen molar-refractivity contribution in [3.05, 3.63) is 29.8 Å². The summed E-state index contributed by atoms with van der Waals surface area (Å²) in [5.74, 6) is 0. The van der Waals surface area contributed by atoms with E-state index in [0.29, 0.717) is 18.4 Å². The molecule has 3 heteroatoms. The standard InChI is InChI=1S/C12H14FNO/c13-11-5-7-14(8-6-11)12-3-1-10(9-15)2-4-12/h1-4,9,11H,5-8H2. The van der Waals surface area contributed by atoms with E-state index in [4.69, 9.17) is 0 Å². The molecule has 1 aliphatic rings. The number of hydrogen-bond acceptors (Lipinski definition) is 2. The molecule has 80 valence electrons. The van der Waals surface area contributed by atoms with Crippen LogP contribution in [0.15, 0.2) is 24.3 Å². The maximum absolute atomic E-state index is 12.9. The molecule has 0 spiro atoms. The van der Waals surface area contributed by atoms with Gasteiger partial charge in [-0.25, -0.2) is 4.39 Å². The van der Waals surface area contributed by atoms with E-state index in [1.165, 1.54) is 0 Å². The van der Waals surface area contributed by atoms with E-state index < -0.39 is 6.17 Å². The zero-order chi connectivity index (χ0) is 10.7. The number of benzene rings is 1. The van der Waals surface area contributed by atoms with Gasteiger partial charge in [-0.1, -0.05) is 0 Å². The molecule has 1 heterocycles. The van der Waals surface area contributed by atoms with Crippen molar-refractivity contribution in [3.8, 4) is 0 Å². The first kappa shape index (κ1) is 10.1. The average molecular weight is 207 g/mol. The number of aldehydes is 1. The van der Waals surface area contributed by atoms with Crippen LogP contribution in [0.2, 0.25) is 0 Å². The average Bonchev–Trinajstić information content (AvgIpc) is 2.30. The van der Waals surface area contributed by atoms with E-state index in [1.807, 2.05) is 12.1 Å². The molecule has 0 aliphatic carbocycles. The number of halogens is 1. The van der Waals surface area contributed by atoms with Crippen LogP contribution in [0.4, 0.5) is 10.1 Å². The first-order valence-corrected chi connectivity index (χ1v) is 5.24. The molecule has 0 amide bonds. The van der Waals surface area contributed by atoms with Crippen LogP contribution in [0.1, 0.15) is 23.2 Å². The molecule has 1 saturated heterocycles. The second-order valence-corrected chi connectivity index (χ2v) is 3.87. The number of carbonyl (C=O) groups excluding carboxylic acids is 1. The van der Waals surface area contributed by atoms with Crippen molar-refractivity contribution in [2.45, 2.75) is 19.0 Å². The molecular formula is C12H14FNO. The highest BCUT2D eigenvalue weighted by atomic mass is 19.1. The van der Waals surface area contributed by atoms with Gasteiger partial charge >= 0.3 is 0 Å². The molecule has 15 heavy (non-hydrogen) atoms. The lowest BCUT2D eigenvalue weighted by Crippen LogP contribution is -2.34. The topological polar surface area (TPSA) is 20.3 Å². The molecule has 1 aromatic carbocycles. The first-order chi connectivity index (χ1) is 7.29. The highest BCUT2D eigenvalue weighted by Crippen LogP contribution is 2.21. The van der Waals surface area contributed by atoms with Crippen molar-refractivity contribution in [3.63, 3.8) is 0 Å². The summed E-state index contributed by atoms with van der Waals surface area (Å²) in [6, 6.07) is 7.43. The zero-order valence-electron chi connectivity index (χ0n) is 8.53. The zero-order valence-corrected chi connectivity index (χ0v) is 8.53. The van der Waals surface area contributed by atoms with Crippen LogP contribution in [0.3, 0.4) is 0 Å². The van der Waals surface area contributed by atoms with Gasteiger partial charge < -0.3 is 4.90 Å². The summed E-state index contributed by atoms with van der Waals surface area (Å²) in [7, 11) is 0. The van der Waals surface area contributed by atoms with Crippen LogP contribution >= 0.6 is 0 Å². The van der Waals surface area contributed by atoms with Crippen LogP contribution in [0.25, 0.3) is 0 Å². The number of carbonyl (C=O) groups is 1. The quantitative estimate of drug-likeness (QED) is 0.694. The third-order valence-corrected chi connectivity index (χ3v) is 2.82. The van der Waals surface area contributed by atoms with Gasteiger partial charge in [0.25, 0.3) is 0 Å². The molecule has 0 radical (unpaired) electrons. The lowest BCUT2D eigenvalue weighted by molar-refractivity contribution is 0.112. The molecule has 0 atom stereocenters. The summed E-state index contributed by atoms with van der Waals surface area (Å²) in [4.78, 5) is 12.6. The molecule has 2 rings (SSSR count). The predicted molar refractivity (Wildman–Crippen MR) is 58.2 cm³/mol. The number of anilines is 1. The Morgan fingerprint density at radius 1 is 1.20 bits per heavy atom. The van der Waals surface area contributed by atoms with Gasteiger partial charge in [-0.05, 0) is 37.1 Å². The second-order valence-electron chi connectivity index (χ2n) is 3.87. The fraction of sp³-hybridized carbons (Fsp3) is 0.417. The largest absolute Gasteiger partial charge is 0.371 e. The lowest BCUT2D eigenvalue weighted by atomic mass is 10.1. The number of hydrogen-bond donors (Lipinski definition) is 0. The summed E-state index contributed by atoms with van der Waals surface area (Å²) >= 11 is 0. The maximum Gasteiger partial charge on any atom is 0.150 e. The lowest BCUT2D eigenvalue weighted by Gasteiger charge is -2.30. The van der Waals surface area contributed by atoms with Crippen molar-refractivity contribution in [1.82, 2.24) is 0 Å². The van der Waals surface area contributed by atoms with Gasteiger partial charge in [-0.15, -0.1) is 0 Å². The molecule has 1 aliphatic heterocycles. The van der Waals surface area contributed by atoms with Crippen LogP contribution in [0.5, 0.6) is 0 Å². The molecule has 0 unspecified atom stereocenters. The molecule has 0 bridgehead atoms. The number of nitrogens with zero attached hydrogens (tertiary/aromatic N) is 1. The van der Waals surface area contributed by atoms with Gasteiger partial charge in [0.15, 0.2) is 0 Å². The molecule has 0 aromatic heterocycles. The fourth-order valence-electron chi connectivity index (χ4n) is 1.87. The van der Waals surface area contributed by atoms with Crippen molar-refractivity contribution in [2.75, 3.05) is 18.0 Å². The van der Waals surface area contributed by atoms with E-state index in [1.54, 1.807) is 12.1 Å². The molecule has 0 saturated carbocycles. The van der Waals surface area contributed by atoms with Crippen LogP contribution in [-0.4, -0.2) is 25.5 Å². The van der Waals surface area contributed by atoms with Gasteiger partial charge in [-0.3, -0.25) is 4.79 Å². The summed E-state index contributed by atoms with van der Waals surface area (Å²) in [6.07, 6.45) is 1.40. The minimum atomic E-state index is -0.643. The Hall–Kier alpha value is -1.38. The number of rotatable bonds is 2. The minimum Gasteiger partial charge on any atom is -0.371 e. The van der Waals surface area contributed by atoms with Crippen LogP contribution in [-0.2, 0) is 0 Å². The van der Waals surface area contributed by atoms with Gasteiger partial charge in [0.1, 0.15) is 12.5 Å². The normalized spacial score (nSPS) is 17.8. The third kappa shape index (κ3) is 2.35. The number of alkyl halides is 1. The van der Waals surface area contributed by atoms with E-state index in [0.717, 1.165) is 25.1 Å². The van der Waals surface area contributed by atoms with Crippen molar-refractivity contribution in [1.29, 1.82) is 0 Å². The first-order valence-electron chi connectivity index (χ1n) is 5.24. The van der Waals surface area contributed by atoms with Crippen molar-refractivity contribution in [2.24, 2.45) is 0 Å². The van der Waals surface area contributed by atoms with Gasteiger partial charge in [0.2, 0.25) is 0 Å². The summed E-state index contributed by atoms with van der Waals surface area (Å²) in [5.41, 5.74) is 1.76. The van der Waals surface area contributed by atoms with E-state index in [9.17, 15) is 9.18 Å². The van der Waals surface area contributed by atoms with Crippen LogP contribution < -0.4 is 4.90 Å². The van der Waals surface area contributed by atoms with Gasteiger partial charge in [0.05, 0.1) is 0 Å². The monoisotopic (exact) mass is 207 g/mol. The third-order valence-electron chi connectivity index (χ3n) is 2.82.